The van der Waals surface area contributed by atoms with Crippen molar-refractivity contribution in [2.45, 2.75) is 6.92 Å². The number of anilines is 2. The van der Waals surface area contributed by atoms with Gasteiger partial charge in [0.1, 0.15) is 18.1 Å². The second kappa shape index (κ2) is 6.08. The Morgan fingerprint density at radius 1 is 1.30 bits per heavy atom. The van der Waals surface area contributed by atoms with Gasteiger partial charge in [-0.1, -0.05) is 18.2 Å². The number of nitrogens with zero attached hydrogens (tertiary/aromatic N) is 1. The predicted octanol–water partition coefficient (Wildman–Crippen LogP) is 2.50. The van der Waals surface area contributed by atoms with E-state index in [1.165, 1.54) is 11.0 Å². The molecule has 1 heterocycles. The van der Waals surface area contributed by atoms with Gasteiger partial charge >= 0.3 is 0 Å². The lowest BCUT2D eigenvalue weighted by Crippen LogP contribution is -2.43. The molecule has 0 aromatic heterocycles. The number of aryl methyl sites for hydroxylation is 1. The first-order chi connectivity index (χ1) is 11.0. The molecule has 23 heavy (non-hydrogen) atoms. The number of ether oxygens (including phenoxy) is 1. The predicted molar refractivity (Wildman–Crippen MR) is 84.1 cm³/mol. The van der Waals surface area contributed by atoms with Crippen LogP contribution < -0.4 is 15.0 Å². The maximum atomic E-state index is 13.5. The second-order valence-corrected chi connectivity index (χ2v) is 5.25. The van der Waals surface area contributed by atoms with Crippen LogP contribution >= 0.6 is 0 Å². The molecule has 0 radical (unpaired) electrons. The summed E-state index contributed by atoms with van der Waals surface area (Å²) in [6.45, 7) is 1.38. The van der Waals surface area contributed by atoms with E-state index in [9.17, 15) is 14.0 Å². The van der Waals surface area contributed by atoms with Crippen LogP contribution in [0.5, 0.6) is 5.75 Å². The molecule has 0 unspecified atom stereocenters. The molecule has 0 fully saturated rings. The summed E-state index contributed by atoms with van der Waals surface area (Å²) in [6, 6.07) is 11.5. The van der Waals surface area contributed by atoms with Gasteiger partial charge in [-0.3, -0.25) is 14.5 Å². The van der Waals surface area contributed by atoms with Crippen molar-refractivity contribution in [3.63, 3.8) is 0 Å². The Balaban J connectivity index is 1.75. The highest BCUT2D eigenvalue weighted by Crippen LogP contribution is 2.31. The average molecular weight is 314 g/mol. The molecule has 2 amide bonds. The summed E-state index contributed by atoms with van der Waals surface area (Å²) >= 11 is 0. The minimum Gasteiger partial charge on any atom is -0.482 e. The fourth-order valence-electron chi connectivity index (χ4n) is 2.34. The third kappa shape index (κ3) is 3.15. The number of fused-ring (bicyclic) bond motifs is 1. The Morgan fingerprint density at radius 3 is 2.87 bits per heavy atom. The highest BCUT2D eigenvalue weighted by Gasteiger charge is 2.26. The molecule has 1 N–H and O–H groups in total. The van der Waals surface area contributed by atoms with Gasteiger partial charge in [-0.15, -0.1) is 0 Å². The molecule has 2 aromatic carbocycles. The number of carbonyl (C=O) groups excluding carboxylic acids is 2. The maximum absolute atomic E-state index is 13.5. The van der Waals surface area contributed by atoms with Crippen molar-refractivity contribution in [2.75, 3.05) is 23.4 Å². The van der Waals surface area contributed by atoms with Crippen LogP contribution in [0, 0.1) is 12.7 Å². The van der Waals surface area contributed by atoms with Crippen LogP contribution in [-0.2, 0) is 9.59 Å². The van der Waals surface area contributed by atoms with Gasteiger partial charge in [0.15, 0.2) is 6.61 Å². The summed E-state index contributed by atoms with van der Waals surface area (Å²) in [4.78, 5) is 25.5. The molecule has 1 aliphatic rings. The van der Waals surface area contributed by atoms with E-state index in [0.717, 1.165) is 0 Å². The number of hydrogen-bond acceptors (Lipinski definition) is 3. The number of carbonyl (C=O) groups is 2. The van der Waals surface area contributed by atoms with Crippen molar-refractivity contribution in [1.29, 1.82) is 0 Å². The summed E-state index contributed by atoms with van der Waals surface area (Å²) in [6.07, 6.45) is 0. The molecule has 0 aliphatic carbocycles. The zero-order valence-electron chi connectivity index (χ0n) is 12.5. The lowest BCUT2D eigenvalue weighted by Gasteiger charge is -2.28. The van der Waals surface area contributed by atoms with Gasteiger partial charge in [-0.25, -0.2) is 4.39 Å². The zero-order chi connectivity index (χ0) is 16.4. The molecular formula is C17H15FN2O3. The summed E-state index contributed by atoms with van der Waals surface area (Å²) in [7, 11) is 0. The molecular weight excluding hydrogens is 299 g/mol. The van der Waals surface area contributed by atoms with Crippen LogP contribution in [0.4, 0.5) is 15.8 Å². The molecule has 2 aromatic rings. The van der Waals surface area contributed by atoms with Crippen LogP contribution in [0.3, 0.4) is 0 Å². The molecule has 6 heteroatoms. The molecule has 0 atom stereocenters. The Morgan fingerprint density at radius 2 is 2.09 bits per heavy atom. The van der Waals surface area contributed by atoms with Crippen molar-refractivity contribution >= 4 is 23.2 Å². The van der Waals surface area contributed by atoms with Gasteiger partial charge < -0.3 is 10.1 Å². The van der Waals surface area contributed by atoms with Crippen molar-refractivity contribution in [3.8, 4) is 5.75 Å². The number of halogens is 1. The largest absolute Gasteiger partial charge is 0.482 e. The number of benzene rings is 2. The summed E-state index contributed by atoms with van der Waals surface area (Å²) in [5.41, 5.74) is 1.40. The van der Waals surface area contributed by atoms with Crippen LogP contribution in [0.1, 0.15) is 5.56 Å². The quantitative estimate of drug-likeness (QED) is 0.947. The fourth-order valence-corrected chi connectivity index (χ4v) is 2.34. The Hall–Kier alpha value is -2.89. The van der Waals surface area contributed by atoms with E-state index in [4.69, 9.17) is 4.74 Å². The first-order valence-corrected chi connectivity index (χ1v) is 7.13. The van der Waals surface area contributed by atoms with Gasteiger partial charge in [0.05, 0.1) is 5.69 Å². The molecule has 3 rings (SSSR count). The summed E-state index contributed by atoms with van der Waals surface area (Å²) in [5.74, 6) is -0.538. The second-order valence-electron chi connectivity index (χ2n) is 5.25. The molecule has 118 valence electrons. The van der Waals surface area contributed by atoms with Crippen molar-refractivity contribution in [2.24, 2.45) is 0 Å². The number of hydrogen-bond donors (Lipinski definition) is 1. The van der Waals surface area contributed by atoms with Crippen molar-refractivity contribution in [3.05, 3.63) is 53.8 Å². The Kier molecular flexibility index (Phi) is 3.97. The van der Waals surface area contributed by atoms with Crippen LogP contribution in [0.25, 0.3) is 0 Å². The molecule has 1 aliphatic heterocycles. The molecule has 0 spiro atoms. The molecule has 0 saturated heterocycles. The van der Waals surface area contributed by atoms with E-state index < -0.39 is 11.7 Å². The highest BCUT2D eigenvalue weighted by molar-refractivity contribution is 6.04. The van der Waals surface area contributed by atoms with Crippen LogP contribution in [0.2, 0.25) is 0 Å². The lowest BCUT2D eigenvalue weighted by atomic mass is 10.2. The monoisotopic (exact) mass is 314 g/mol. The third-order valence-corrected chi connectivity index (χ3v) is 3.57. The summed E-state index contributed by atoms with van der Waals surface area (Å²) < 4.78 is 18.8. The third-order valence-electron chi connectivity index (χ3n) is 3.57. The average Bonchev–Trinajstić information content (AvgIpc) is 2.54. The summed E-state index contributed by atoms with van der Waals surface area (Å²) in [5, 5.41) is 2.59. The highest BCUT2D eigenvalue weighted by atomic mass is 19.1. The Bertz CT molecular complexity index is 776. The van der Waals surface area contributed by atoms with E-state index >= 15 is 0 Å². The van der Waals surface area contributed by atoms with E-state index in [0.29, 0.717) is 22.7 Å². The van der Waals surface area contributed by atoms with Gasteiger partial charge in [0.25, 0.3) is 5.91 Å². The van der Waals surface area contributed by atoms with Gasteiger partial charge in [0.2, 0.25) is 5.91 Å². The number of para-hydroxylation sites is 2. The van der Waals surface area contributed by atoms with Crippen LogP contribution in [0.15, 0.2) is 42.5 Å². The molecule has 0 saturated carbocycles. The molecule has 5 nitrogen and oxygen atoms in total. The standard InChI is InChI=1S/C17H15FN2O3/c1-11-6-7-12(8-13(11)18)19-16(21)9-20-14-4-2-3-5-15(14)23-10-17(20)22/h2-8H,9-10H2,1H3,(H,19,21). The lowest BCUT2D eigenvalue weighted by molar-refractivity contribution is -0.123. The zero-order valence-corrected chi connectivity index (χ0v) is 12.5. The molecule has 0 bridgehead atoms. The van der Waals surface area contributed by atoms with E-state index in [1.807, 2.05) is 0 Å². The maximum Gasteiger partial charge on any atom is 0.265 e. The van der Waals surface area contributed by atoms with E-state index in [1.54, 1.807) is 43.3 Å². The van der Waals surface area contributed by atoms with Gasteiger partial charge in [-0.05, 0) is 36.8 Å². The van der Waals surface area contributed by atoms with Crippen LogP contribution in [-0.4, -0.2) is 25.0 Å². The SMILES string of the molecule is Cc1ccc(NC(=O)CN2C(=O)COc3ccccc32)cc1F. The number of nitrogens with one attached hydrogen (secondary N) is 1. The first-order valence-electron chi connectivity index (χ1n) is 7.13. The fraction of sp³-hybridized carbons (Fsp3) is 0.176. The van der Waals surface area contributed by atoms with E-state index in [2.05, 4.69) is 5.32 Å². The Labute approximate surface area is 132 Å². The number of amides is 2. The van der Waals surface area contributed by atoms with Gasteiger partial charge in [-0.2, -0.15) is 0 Å². The first kappa shape index (κ1) is 15.0. The van der Waals surface area contributed by atoms with E-state index in [-0.39, 0.29) is 19.1 Å². The number of rotatable bonds is 3. The van der Waals surface area contributed by atoms with Gasteiger partial charge in [0, 0.05) is 5.69 Å². The topological polar surface area (TPSA) is 58.6 Å². The van der Waals surface area contributed by atoms with Crippen molar-refractivity contribution in [1.82, 2.24) is 0 Å². The minimum absolute atomic E-state index is 0.108. The minimum atomic E-state index is -0.404. The van der Waals surface area contributed by atoms with Crippen molar-refractivity contribution < 1.29 is 18.7 Å². The smallest absolute Gasteiger partial charge is 0.265 e. The normalized spacial score (nSPS) is 13.3.